The van der Waals surface area contributed by atoms with Crippen LogP contribution in [0.4, 0.5) is 0 Å². The second-order valence-electron chi connectivity index (χ2n) is 8.14. The van der Waals surface area contributed by atoms with E-state index >= 15 is 0 Å². The van der Waals surface area contributed by atoms with Crippen LogP contribution >= 0.6 is 0 Å². The van der Waals surface area contributed by atoms with Crippen LogP contribution in [-0.4, -0.2) is 9.67 Å². The van der Waals surface area contributed by atoms with Crippen molar-refractivity contribution in [1.82, 2.24) is 4.57 Å². The molecule has 0 aliphatic carbocycles. The van der Waals surface area contributed by atoms with E-state index in [2.05, 4.69) is 54.8 Å². The number of rotatable bonds is 11. The van der Waals surface area contributed by atoms with E-state index < -0.39 is 0 Å². The third-order valence-corrected chi connectivity index (χ3v) is 5.80. The number of phenolic OH excluding ortho intramolecular Hbond substituents is 1. The molecule has 1 N–H and O–H groups in total. The first-order chi connectivity index (χ1) is 14.2. The highest BCUT2D eigenvalue weighted by atomic mass is 16.3. The molecule has 0 saturated heterocycles. The fourth-order valence-electron chi connectivity index (χ4n) is 4.00. The summed E-state index contributed by atoms with van der Waals surface area (Å²) >= 11 is 0. The summed E-state index contributed by atoms with van der Waals surface area (Å²) < 4.78 is 2.39. The van der Waals surface area contributed by atoms with Crippen LogP contribution in [-0.2, 0) is 19.4 Å². The number of aryl methyl sites for hydroxylation is 3. The van der Waals surface area contributed by atoms with Gasteiger partial charge in [0.1, 0.15) is 5.75 Å². The summed E-state index contributed by atoms with van der Waals surface area (Å²) in [5, 5.41) is 9.54. The van der Waals surface area contributed by atoms with Crippen LogP contribution in [0.5, 0.6) is 5.75 Å². The highest BCUT2D eigenvalue weighted by Crippen LogP contribution is 2.25. The molecule has 0 fully saturated rings. The maximum Gasteiger partial charge on any atom is 0.115 e. The fraction of sp³-hybridized carbons (Fsp3) is 0.407. The Hall–Kier alpha value is -2.48. The molecule has 0 bridgehead atoms. The van der Waals surface area contributed by atoms with Crippen LogP contribution in [0, 0.1) is 6.92 Å². The average Bonchev–Trinajstić information content (AvgIpc) is 3.10. The zero-order valence-electron chi connectivity index (χ0n) is 18.0. The van der Waals surface area contributed by atoms with Crippen molar-refractivity contribution in [1.29, 1.82) is 0 Å². The van der Waals surface area contributed by atoms with Crippen LogP contribution in [0.2, 0.25) is 0 Å². The van der Waals surface area contributed by atoms with Crippen molar-refractivity contribution >= 4 is 0 Å². The van der Waals surface area contributed by atoms with Crippen molar-refractivity contribution in [2.75, 3.05) is 0 Å². The van der Waals surface area contributed by atoms with Gasteiger partial charge in [0.25, 0.3) is 0 Å². The van der Waals surface area contributed by atoms with E-state index in [0.29, 0.717) is 5.75 Å². The van der Waals surface area contributed by atoms with Gasteiger partial charge in [0.05, 0.1) is 0 Å². The van der Waals surface area contributed by atoms with Gasteiger partial charge in [-0.2, -0.15) is 0 Å². The molecule has 0 aliphatic heterocycles. The molecule has 3 aromatic rings. The van der Waals surface area contributed by atoms with E-state index in [1.165, 1.54) is 61.0 Å². The van der Waals surface area contributed by atoms with Crippen LogP contribution in [0.15, 0.2) is 60.7 Å². The van der Waals surface area contributed by atoms with Gasteiger partial charge < -0.3 is 9.67 Å². The number of nitrogens with zero attached hydrogens (tertiary/aromatic N) is 1. The molecule has 29 heavy (non-hydrogen) atoms. The van der Waals surface area contributed by atoms with Crippen LogP contribution in [0.1, 0.15) is 62.3 Å². The molecule has 1 aromatic heterocycles. The number of unbranched alkanes of at least 4 members (excludes halogenated alkanes) is 4. The van der Waals surface area contributed by atoms with E-state index in [9.17, 15) is 5.11 Å². The first-order valence-electron chi connectivity index (χ1n) is 11.2. The van der Waals surface area contributed by atoms with Crippen molar-refractivity contribution in [3.05, 3.63) is 77.5 Å². The summed E-state index contributed by atoms with van der Waals surface area (Å²) in [4.78, 5) is 0. The van der Waals surface area contributed by atoms with Crippen LogP contribution in [0.25, 0.3) is 11.3 Å². The molecule has 2 nitrogen and oxygen atoms in total. The van der Waals surface area contributed by atoms with Crippen molar-refractivity contribution < 1.29 is 5.11 Å². The lowest BCUT2D eigenvalue weighted by atomic mass is 10.0. The van der Waals surface area contributed by atoms with Gasteiger partial charge in [-0.05, 0) is 85.7 Å². The molecular weight excluding hydrogens is 354 g/mol. The largest absolute Gasteiger partial charge is 0.508 e. The topological polar surface area (TPSA) is 25.2 Å². The minimum atomic E-state index is 0.313. The smallest absolute Gasteiger partial charge is 0.115 e. The Labute approximate surface area is 176 Å². The molecule has 0 atom stereocenters. The number of aromatic hydroxyl groups is 1. The minimum Gasteiger partial charge on any atom is -0.508 e. The Morgan fingerprint density at radius 1 is 0.690 bits per heavy atom. The Kier molecular flexibility index (Phi) is 7.98. The molecule has 0 amide bonds. The first kappa shape index (κ1) is 21.2. The van der Waals surface area contributed by atoms with E-state index in [1.54, 1.807) is 12.1 Å². The van der Waals surface area contributed by atoms with E-state index in [1.807, 2.05) is 12.1 Å². The number of hydrogen-bond acceptors (Lipinski definition) is 1. The summed E-state index contributed by atoms with van der Waals surface area (Å²) in [6, 6.07) is 21.1. The summed E-state index contributed by atoms with van der Waals surface area (Å²) in [5.41, 5.74) is 6.56. The summed E-state index contributed by atoms with van der Waals surface area (Å²) in [6.07, 6.45) is 10.2. The van der Waals surface area contributed by atoms with Crippen molar-refractivity contribution in [3.8, 4) is 17.0 Å². The summed E-state index contributed by atoms with van der Waals surface area (Å²) in [6.45, 7) is 5.44. The molecule has 0 aliphatic rings. The van der Waals surface area contributed by atoms with Gasteiger partial charge in [-0.25, -0.2) is 0 Å². The third-order valence-electron chi connectivity index (χ3n) is 5.80. The molecule has 2 aromatic carbocycles. The minimum absolute atomic E-state index is 0.313. The quantitative estimate of drug-likeness (QED) is 0.342. The van der Waals surface area contributed by atoms with E-state index in [0.717, 1.165) is 24.9 Å². The average molecular weight is 390 g/mol. The van der Waals surface area contributed by atoms with Gasteiger partial charge >= 0.3 is 0 Å². The van der Waals surface area contributed by atoms with Crippen LogP contribution < -0.4 is 0 Å². The molecule has 0 spiro atoms. The Bertz CT molecular complexity index is 859. The molecule has 1 heterocycles. The van der Waals surface area contributed by atoms with Gasteiger partial charge in [0, 0.05) is 17.9 Å². The molecule has 154 valence electrons. The molecule has 0 saturated carbocycles. The Morgan fingerprint density at radius 2 is 1.31 bits per heavy atom. The maximum atomic E-state index is 9.54. The lowest BCUT2D eigenvalue weighted by molar-refractivity contribution is 0.475. The lowest BCUT2D eigenvalue weighted by Gasteiger charge is -2.12. The standard InChI is InChI=1S/C27H35NO/c1-3-4-5-6-7-9-23-12-14-24(15-13-23)10-8-21-28-22(2)11-20-27(28)25-16-18-26(29)19-17-25/h11-20,29H,3-10,21H2,1-2H3. The zero-order chi connectivity index (χ0) is 20.5. The maximum absolute atomic E-state index is 9.54. The predicted octanol–water partition coefficient (Wildman–Crippen LogP) is 7.31. The summed E-state index contributed by atoms with van der Waals surface area (Å²) in [7, 11) is 0. The van der Waals surface area contributed by atoms with Gasteiger partial charge in [0.2, 0.25) is 0 Å². The first-order valence-corrected chi connectivity index (χ1v) is 11.2. The molecule has 3 rings (SSSR count). The SMILES string of the molecule is CCCCCCCc1ccc(CCCn2c(C)ccc2-c2ccc(O)cc2)cc1. The van der Waals surface area contributed by atoms with Crippen molar-refractivity contribution in [2.45, 2.75) is 71.8 Å². The van der Waals surface area contributed by atoms with Crippen molar-refractivity contribution in [2.24, 2.45) is 0 Å². The third kappa shape index (κ3) is 6.25. The van der Waals surface area contributed by atoms with Crippen molar-refractivity contribution in [3.63, 3.8) is 0 Å². The monoisotopic (exact) mass is 389 g/mol. The number of phenols is 1. The molecule has 0 radical (unpaired) electrons. The van der Waals surface area contributed by atoms with E-state index in [-0.39, 0.29) is 0 Å². The second kappa shape index (κ2) is 10.9. The highest BCUT2D eigenvalue weighted by molar-refractivity contribution is 5.61. The van der Waals surface area contributed by atoms with Gasteiger partial charge in [-0.1, -0.05) is 56.9 Å². The highest BCUT2D eigenvalue weighted by Gasteiger charge is 2.07. The normalized spacial score (nSPS) is 11.1. The number of aromatic nitrogens is 1. The Morgan fingerprint density at radius 3 is 1.97 bits per heavy atom. The second-order valence-corrected chi connectivity index (χ2v) is 8.14. The molecular formula is C27H35NO. The fourth-order valence-corrected chi connectivity index (χ4v) is 4.00. The lowest BCUT2D eigenvalue weighted by Crippen LogP contribution is -2.03. The van der Waals surface area contributed by atoms with Crippen LogP contribution in [0.3, 0.4) is 0 Å². The van der Waals surface area contributed by atoms with E-state index in [4.69, 9.17) is 0 Å². The molecule has 0 unspecified atom stereocenters. The predicted molar refractivity (Wildman–Crippen MR) is 123 cm³/mol. The number of benzene rings is 2. The number of hydrogen-bond donors (Lipinski definition) is 1. The van der Waals surface area contributed by atoms with Gasteiger partial charge in [-0.15, -0.1) is 0 Å². The van der Waals surface area contributed by atoms with Gasteiger partial charge in [0.15, 0.2) is 0 Å². The zero-order valence-corrected chi connectivity index (χ0v) is 18.0. The van der Waals surface area contributed by atoms with Gasteiger partial charge in [-0.3, -0.25) is 0 Å². The molecule has 2 heteroatoms. The Balaban J connectivity index is 1.50. The summed E-state index contributed by atoms with van der Waals surface area (Å²) in [5.74, 6) is 0.313.